The zero-order valence-corrected chi connectivity index (χ0v) is 10.2. The molecule has 2 unspecified atom stereocenters. The normalized spacial score (nSPS) is 23.8. The molecule has 0 aromatic carbocycles. The molecule has 17 heavy (non-hydrogen) atoms. The van der Waals surface area contributed by atoms with Crippen LogP contribution in [-0.4, -0.2) is 29.8 Å². The van der Waals surface area contributed by atoms with Crippen LogP contribution >= 0.6 is 0 Å². The number of imide groups is 1. The van der Waals surface area contributed by atoms with E-state index in [0.717, 1.165) is 6.42 Å². The Labute approximate surface area is 100 Å². The highest BCUT2D eigenvalue weighted by molar-refractivity contribution is 6.02. The second-order valence-electron chi connectivity index (χ2n) is 4.42. The molecule has 0 saturated carbocycles. The van der Waals surface area contributed by atoms with Crippen LogP contribution in [0.5, 0.6) is 0 Å². The highest BCUT2D eigenvalue weighted by Crippen LogP contribution is 2.08. The standard InChI is InChI=1S/C11H19N3O3/c1-3-6(2)9(12)11(17)13-7-4-5-8(15)14-10(7)16/h6-7,9H,3-5,12H2,1-2H3,(H,13,17)(H,14,15,16)/t6?,7?,9-/m0/s1. The molecule has 96 valence electrons. The van der Waals surface area contributed by atoms with Gasteiger partial charge < -0.3 is 11.1 Å². The second-order valence-corrected chi connectivity index (χ2v) is 4.42. The molecular formula is C11H19N3O3. The number of carbonyl (C=O) groups is 3. The smallest absolute Gasteiger partial charge is 0.249 e. The molecule has 1 aliphatic rings. The largest absolute Gasteiger partial charge is 0.343 e. The summed E-state index contributed by atoms with van der Waals surface area (Å²) >= 11 is 0. The maximum Gasteiger partial charge on any atom is 0.249 e. The molecule has 1 saturated heterocycles. The van der Waals surface area contributed by atoms with Crippen molar-refractivity contribution in [3.05, 3.63) is 0 Å². The van der Waals surface area contributed by atoms with Crippen LogP contribution in [0.25, 0.3) is 0 Å². The highest BCUT2D eigenvalue weighted by atomic mass is 16.2. The van der Waals surface area contributed by atoms with E-state index in [1.165, 1.54) is 0 Å². The first-order chi connectivity index (χ1) is 7.95. The van der Waals surface area contributed by atoms with Crippen LogP contribution in [0.2, 0.25) is 0 Å². The molecule has 0 aromatic heterocycles. The Morgan fingerprint density at radius 1 is 1.59 bits per heavy atom. The summed E-state index contributed by atoms with van der Waals surface area (Å²) in [5, 5.41) is 4.76. The first-order valence-electron chi connectivity index (χ1n) is 5.85. The molecule has 6 heteroatoms. The minimum atomic E-state index is -0.643. The van der Waals surface area contributed by atoms with E-state index in [-0.39, 0.29) is 24.2 Å². The number of rotatable bonds is 4. The lowest BCUT2D eigenvalue weighted by Crippen LogP contribution is -2.56. The van der Waals surface area contributed by atoms with E-state index in [2.05, 4.69) is 10.6 Å². The molecule has 1 rings (SSSR count). The number of hydrogen-bond acceptors (Lipinski definition) is 4. The molecule has 0 spiro atoms. The van der Waals surface area contributed by atoms with E-state index in [1.54, 1.807) is 0 Å². The molecule has 1 fully saturated rings. The fourth-order valence-electron chi connectivity index (χ4n) is 1.61. The zero-order valence-electron chi connectivity index (χ0n) is 10.2. The summed E-state index contributed by atoms with van der Waals surface area (Å²) in [4.78, 5) is 34.1. The van der Waals surface area contributed by atoms with Crippen molar-refractivity contribution in [2.75, 3.05) is 0 Å². The molecule has 6 nitrogen and oxygen atoms in total. The fourth-order valence-corrected chi connectivity index (χ4v) is 1.61. The molecule has 0 aromatic rings. The molecule has 1 heterocycles. The summed E-state index contributed by atoms with van der Waals surface area (Å²) < 4.78 is 0. The van der Waals surface area contributed by atoms with Crippen LogP contribution in [0.3, 0.4) is 0 Å². The average molecular weight is 241 g/mol. The van der Waals surface area contributed by atoms with E-state index >= 15 is 0 Å². The van der Waals surface area contributed by atoms with Crippen molar-refractivity contribution in [2.24, 2.45) is 11.7 Å². The molecule has 0 aliphatic carbocycles. The van der Waals surface area contributed by atoms with Gasteiger partial charge in [-0.15, -0.1) is 0 Å². The number of nitrogens with two attached hydrogens (primary N) is 1. The van der Waals surface area contributed by atoms with E-state index in [0.29, 0.717) is 6.42 Å². The molecule has 4 N–H and O–H groups in total. The van der Waals surface area contributed by atoms with Crippen LogP contribution in [0.15, 0.2) is 0 Å². The minimum Gasteiger partial charge on any atom is -0.343 e. The molecule has 0 bridgehead atoms. The van der Waals surface area contributed by atoms with Gasteiger partial charge in [-0.2, -0.15) is 0 Å². The van der Waals surface area contributed by atoms with Crippen LogP contribution in [-0.2, 0) is 14.4 Å². The average Bonchev–Trinajstić information content (AvgIpc) is 2.30. The van der Waals surface area contributed by atoms with Gasteiger partial charge in [0.15, 0.2) is 0 Å². The van der Waals surface area contributed by atoms with Crippen molar-refractivity contribution in [3.8, 4) is 0 Å². The third-order valence-electron chi connectivity index (χ3n) is 3.12. The third kappa shape index (κ3) is 3.52. The Morgan fingerprint density at radius 2 is 2.24 bits per heavy atom. The Kier molecular flexibility index (Phi) is 4.62. The summed E-state index contributed by atoms with van der Waals surface area (Å²) in [6.45, 7) is 3.83. The number of piperidine rings is 1. The lowest BCUT2D eigenvalue weighted by atomic mass is 9.98. The van der Waals surface area contributed by atoms with Crippen molar-refractivity contribution in [1.29, 1.82) is 0 Å². The number of carbonyl (C=O) groups excluding carboxylic acids is 3. The number of hydrogen-bond donors (Lipinski definition) is 3. The topological polar surface area (TPSA) is 101 Å². The van der Waals surface area contributed by atoms with Gasteiger partial charge in [0, 0.05) is 6.42 Å². The van der Waals surface area contributed by atoms with Gasteiger partial charge >= 0.3 is 0 Å². The monoisotopic (exact) mass is 241 g/mol. The SMILES string of the molecule is CCC(C)[C@H](N)C(=O)NC1CCC(=O)NC1=O. The zero-order chi connectivity index (χ0) is 13.0. The molecule has 1 aliphatic heterocycles. The molecule has 3 atom stereocenters. The lowest BCUT2D eigenvalue weighted by Gasteiger charge is -2.25. The quantitative estimate of drug-likeness (QED) is 0.565. The Balaban J connectivity index is 2.51. The fraction of sp³-hybridized carbons (Fsp3) is 0.727. The maximum absolute atomic E-state index is 11.7. The van der Waals surface area contributed by atoms with Gasteiger partial charge in [0.2, 0.25) is 17.7 Å². The Bertz CT molecular complexity index is 330. The van der Waals surface area contributed by atoms with Crippen LogP contribution in [0.1, 0.15) is 33.1 Å². The van der Waals surface area contributed by atoms with E-state index in [1.807, 2.05) is 13.8 Å². The lowest BCUT2D eigenvalue weighted by molar-refractivity contribution is -0.137. The summed E-state index contributed by atoms with van der Waals surface area (Å²) in [7, 11) is 0. The number of nitrogens with one attached hydrogen (secondary N) is 2. The van der Waals surface area contributed by atoms with Gasteiger partial charge in [-0.05, 0) is 12.3 Å². The molecular weight excluding hydrogens is 222 g/mol. The predicted molar refractivity (Wildman–Crippen MR) is 61.7 cm³/mol. The molecule has 0 radical (unpaired) electrons. The van der Waals surface area contributed by atoms with Crippen molar-refractivity contribution >= 4 is 17.7 Å². The van der Waals surface area contributed by atoms with E-state index in [4.69, 9.17) is 5.73 Å². The predicted octanol–water partition coefficient (Wildman–Crippen LogP) is -0.719. The second kappa shape index (κ2) is 5.77. The summed E-state index contributed by atoms with van der Waals surface area (Å²) in [5.74, 6) is -1.03. The van der Waals surface area contributed by atoms with Gasteiger partial charge in [0.1, 0.15) is 6.04 Å². The molecule has 3 amide bonds. The van der Waals surface area contributed by atoms with Gasteiger partial charge in [0.25, 0.3) is 0 Å². The van der Waals surface area contributed by atoms with Crippen molar-refractivity contribution in [1.82, 2.24) is 10.6 Å². The summed E-state index contributed by atoms with van der Waals surface area (Å²) in [5.41, 5.74) is 5.75. The first kappa shape index (κ1) is 13.6. The van der Waals surface area contributed by atoms with Gasteiger partial charge in [-0.3, -0.25) is 19.7 Å². The Morgan fingerprint density at radius 3 is 2.76 bits per heavy atom. The highest BCUT2D eigenvalue weighted by Gasteiger charge is 2.30. The number of amides is 3. The maximum atomic E-state index is 11.7. The van der Waals surface area contributed by atoms with Crippen LogP contribution < -0.4 is 16.4 Å². The van der Waals surface area contributed by atoms with Crippen molar-refractivity contribution in [3.63, 3.8) is 0 Å². The van der Waals surface area contributed by atoms with Gasteiger partial charge in [-0.1, -0.05) is 20.3 Å². The van der Waals surface area contributed by atoms with Crippen molar-refractivity contribution < 1.29 is 14.4 Å². The third-order valence-corrected chi connectivity index (χ3v) is 3.12. The van der Waals surface area contributed by atoms with E-state index < -0.39 is 18.0 Å². The van der Waals surface area contributed by atoms with Gasteiger partial charge in [-0.25, -0.2) is 0 Å². The van der Waals surface area contributed by atoms with Crippen molar-refractivity contribution in [2.45, 2.75) is 45.2 Å². The van der Waals surface area contributed by atoms with Crippen LogP contribution in [0.4, 0.5) is 0 Å². The summed E-state index contributed by atoms with van der Waals surface area (Å²) in [6.07, 6.45) is 1.38. The van der Waals surface area contributed by atoms with E-state index in [9.17, 15) is 14.4 Å². The minimum absolute atomic E-state index is 0.0586. The summed E-state index contributed by atoms with van der Waals surface area (Å²) in [6, 6.07) is -1.26. The van der Waals surface area contributed by atoms with Crippen LogP contribution in [0, 0.1) is 5.92 Å². The Hall–Kier alpha value is -1.43. The first-order valence-corrected chi connectivity index (χ1v) is 5.85. The van der Waals surface area contributed by atoms with Gasteiger partial charge in [0.05, 0.1) is 6.04 Å².